The van der Waals surface area contributed by atoms with Crippen molar-refractivity contribution in [2.24, 2.45) is 5.73 Å². The van der Waals surface area contributed by atoms with Crippen molar-refractivity contribution < 1.29 is 0 Å². The average molecular weight is 279 g/mol. The van der Waals surface area contributed by atoms with Crippen LogP contribution in [0.4, 0.5) is 0 Å². The molecular formula is C11H13N5S2. The molecule has 2 heterocycles. The highest BCUT2D eigenvalue weighted by molar-refractivity contribution is 8.01. The Bertz CT molecular complexity index is 579. The molecule has 0 amide bonds. The van der Waals surface area contributed by atoms with Crippen molar-refractivity contribution in [1.29, 1.82) is 5.41 Å². The number of rotatable bonds is 4. The van der Waals surface area contributed by atoms with Crippen LogP contribution in [0.15, 0.2) is 21.5 Å². The van der Waals surface area contributed by atoms with Gasteiger partial charge in [-0.15, -0.1) is 0 Å². The van der Waals surface area contributed by atoms with E-state index in [-0.39, 0.29) is 5.84 Å². The normalized spacial score (nSPS) is 10.6. The smallest absolute Gasteiger partial charge is 0.176 e. The van der Waals surface area contributed by atoms with E-state index >= 15 is 0 Å². The van der Waals surface area contributed by atoms with E-state index in [4.69, 9.17) is 11.1 Å². The first-order valence-electron chi connectivity index (χ1n) is 5.42. The second kappa shape index (κ2) is 5.45. The molecule has 0 atom stereocenters. The molecule has 0 aromatic carbocycles. The third kappa shape index (κ3) is 2.85. The molecule has 2 aromatic heterocycles. The largest absolute Gasteiger partial charge is 0.384 e. The summed E-state index contributed by atoms with van der Waals surface area (Å²) in [4.78, 5) is 8.78. The minimum atomic E-state index is 0.0187. The van der Waals surface area contributed by atoms with Crippen LogP contribution in [-0.2, 0) is 6.42 Å². The van der Waals surface area contributed by atoms with Gasteiger partial charge in [0.05, 0.1) is 0 Å². The highest BCUT2D eigenvalue weighted by Crippen LogP contribution is 2.30. The van der Waals surface area contributed by atoms with Gasteiger partial charge < -0.3 is 5.73 Å². The molecule has 94 valence electrons. The Morgan fingerprint density at radius 2 is 2.22 bits per heavy atom. The van der Waals surface area contributed by atoms with Gasteiger partial charge in [-0.05, 0) is 42.4 Å². The quantitative estimate of drug-likeness (QED) is 0.662. The molecule has 0 aliphatic rings. The second-order valence-corrected chi connectivity index (χ2v) is 5.64. The summed E-state index contributed by atoms with van der Waals surface area (Å²) in [5.41, 5.74) is 7.08. The van der Waals surface area contributed by atoms with Gasteiger partial charge in [0.15, 0.2) is 4.34 Å². The van der Waals surface area contributed by atoms with Crippen LogP contribution >= 0.6 is 23.3 Å². The Labute approximate surface area is 114 Å². The summed E-state index contributed by atoms with van der Waals surface area (Å²) >= 11 is 2.75. The molecular weight excluding hydrogens is 266 g/mol. The number of aryl methyl sites for hydroxylation is 2. The topological polar surface area (TPSA) is 88.5 Å². The third-order valence-electron chi connectivity index (χ3n) is 2.24. The van der Waals surface area contributed by atoms with Crippen molar-refractivity contribution in [3.05, 3.63) is 29.2 Å². The highest BCUT2D eigenvalue weighted by Gasteiger charge is 2.12. The molecule has 7 heteroatoms. The van der Waals surface area contributed by atoms with E-state index in [0.29, 0.717) is 10.6 Å². The Morgan fingerprint density at radius 1 is 1.44 bits per heavy atom. The zero-order valence-electron chi connectivity index (χ0n) is 10.1. The first-order chi connectivity index (χ1) is 8.60. The lowest BCUT2D eigenvalue weighted by Crippen LogP contribution is -2.13. The van der Waals surface area contributed by atoms with Crippen molar-refractivity contribution >= 4 is 29.1 Å². The molecule has 0 aliphatic carbocycles. The van der Waals surface area contributed by atoms with E-state index in [1.807, 2.05) is 26.0 Å². The minimum absolute atomic E-state index is 0.0187. The summed E-state index contributed by atoms with van der Waals surface area (Å²) in [5.74, 6) is 0.852. The maximum absolute atomic E-state index is 7.55. The Balaban J connectivity index is 2.32. The van der Waals surface area contributed by atoms with Gasteiger partial charge in [-0.25, -0.2) is 9.97 Å². The maximum Gasteiger partial charge on any atom is 0.176 e. The van der Waals surface area contributed by atoms with E-state index in [1.54, 1.807) is 0 Å². The molecule has 18 heavy (non-hydrogen) atoms. The fraction of sp³-hybridized carbons (Fsp3) is 0.273. The Morgan fingerprint density at radius 3 is 2.83 bits per heavy atom. The Hall–Kier alpha value is -1.47. The van der Waals surface area contributed by atoms with Crippen LogP contribution in [0.5, 0.6) is 0 Å². The van der Waals surface area contributed by atoms with Gasteiger partial charge in [-0.2, -0.15) is 4.37 Å². The molecule has 2 rings (SSSR count). The first kappa shape index (κ1) is 13.0. The molecule has 0 unspecified atom stereocenters. The number of hydrogen-bond donors (Lipinski definition) is 2. The summed E-state index contributed by atoms with van der Waals surface area (Å²) < 4.78 is 5.05. The van der Waals surface area contributed by atoms with Crippen LogP contribution in [-0.4, -0.2) is 20.2 Å². The molecule has 3 N–H and O–H groups in total. The Kier molecular flexibility index (Phi) is 3.93. The molecule has 0 spiro atoms. The molecule has 0 aliphatic heterocycles. The number of amidine groups is 1. The monoisotopic (exact) mass is 279 g/mol. The number of nitrogens with one attached hydrogen (secondary N) is 1. The van der Waals surface area contributed by atoms with Crippen LogP contribution in [0.25, 0.3) is 0 Å². The van der Waals surface area contributed by atoms with Crippen molar-refractivity contribution in [2.75, 3.05) is 0 Å². The van der Waals surface area contributed by atoms with E-state index in [9.17, 15) is 0 Å². The summed E-state index contributed by atoms with van der Waals surface area (Å²) in [6, 6.07) is 3.66. The van der Waals surface area contributed by atoms with Crippen LogP contribution in [0, 0.1) is 12.3 Å². The van der Waals surface area contributed by atoms with E-state index < -0.39 is 0 Å². The maximum atomic E-state index is 7.55. The van der Waals surface area contributed by atoms with Gasteiger partial charge in [0, 0.05) is 17.7 Å². The predicted octanol–water partition coefficient (Wildman–Crippen LogP) is 2.24. The molecule has 0 bridgehead atoms. The van der Waals surface area contributed by atoms with E-state index in [2.05, 4.69) is 14.3 Å². The summed E-state index contributed by atoms with van der Waals surface area (Å²) in [6.07, 6.45) is 0.817. The van der Waals surface area contributed by atoms with Gasteiger partial charge in [0.25, 0.3) is 0 Å². The highest BCUT2D eigenvalue weighted by atomic mass is 32.2. The van der Waals surface area contributed by atoms with Crippen molar-refractivity contribution in [2.45, 2.75) is 29.6 Å². The number of nitrogen functional groups attached to an aromatic ring is 1. The number of pyridine rings is 1. The van der Waals surface area contributed by atoms with Gasteiger partial charge in [-0.3, -0.25) is 5.41 Å². The standard InChI is InChI=1S/C11H13N5S2/c1-3-8-15-11(18-16-8)17-10-7(9(12)13)5-4-6(2)14-10/h4-5H,3H2,1-2H3,(H3,12,13). The van der Waals surface area contributed by atoms with Crippen LogP contribution in [0.2, 0.25) is 0 Å². The number of nitrogens with two attached hydrogens (primary N) is 1. The van der Waals surface area contributed by atoms with Crippen LogP contribution < -0.4 is 5.73 Å². The molecule has 0 radical (unpaired) electrons. The number of nitrogens with zero attached hydrogens (tertiary/aromatic N) is 3. The van der Waals surface area contributed by atoms with Crippen LogP contribution in [0.3, 0.4) is 0 Å². The molecule has 0 fully saturated rings. The fourth-order valence-electron chi connectivity index (χ4n) is 1.32. The number of hydrogen-bond acceptors (Lipinski definition) is 6. The SMILES string of the molecule is CCc1nsc(Sc2nc(C)ccc2C(=N)N)n1. The second-order valence-electron chi connectivity index (χ2n) is 3.65. The lowest BCUT2D eigenvalue weighted by Gasteiger charge is -2.05. The van der Waals surface area contributed by atoms with Crippen LogP contribution in [0.1, 0.15) is 24.0 Å². The van der Waals surface area contributed by atoms with Gasteiger partial charge in [0.1, 0.15) is 16.7 Å². The average Bonchev–Trinajstić information content (AvgIpc) is 2.76. The summed E-state index contributed by atoms with van der Waals surface area (Å²) in [6.45, 7) is 3.92. The van der Waals surface area contributed by atoms with E-state index in [0.717, 1.165) is 22.3 Å². The third-order valence-corrected chi connectivity index (χ3v) is 4.03. The first-order valence-corrected chi connectivity index (χ1v) is 7.01. The lowest BCUT2D eigenvalue weighted by molar-refractivity contribution is 0.968. The van der Waals surface area contributed by atoms with Gasteiger partial charge >= 0.3 is 0 Å². The molecule has 0 saturated carbocycles. The molecule has 5 nitrogen and oxygen atoms in total. The summed E-state index contributed by atoms with van der Waals surface area (Å²) in [7, 11) is 0. The zero-order valence-corrected chi connectivity index (χ0v) is 11.7. The van der Waals surface area contributed by atoms with Gasteiger partial charge in [0.2, 0.25) is 0 Å². The van der Waals surface area contributed by atoms with Crippen molar-refractivity contribution in [3.8, 4) is 0 Å². The van der Waals surface area contributed by atoms with Crippen molar-refractivity contribution in [1.82, 2.24) is 14.3 Å². The lowest BCUT2D eigenvalue weighted by atomic mass is 10.2. The fourth-order valence-corrected chi connectivity index (χ4v) is 3.11. The molecule has 2 aromatic rings. The molecule has 0 saturated heterocycles. The van der Waals surface area contributed by atoms with Crippen molar-refractivity contribution in [3.63, 3.8) is 0 Å². The minimum Gasteiger partial charge on any atom is -0.384 e. The summed E-state index contributed by atoms with van der Waals surface area (Å²) in [5, 5.41) is 8.26. The van der Waals surface area contributed by atoms with Gasteiger partial charge in [-0.1, -0.05) is 6.92 Å². The predicted molar refractivity (Wildman–Crippen MR) is 73.4 cm³/mol. The number of aromatic nitrogens is 3. The zero-order chi connectivity index (χ0) is 13.1. The van der Waals surface area contributed by atoms with E-state index in [1.165, 1.54) is 23.3 Å².